The van der Waals surface area contributed by atoms with Gasteiger partial charge in [-0.1, -0.05) is 71.4 Å². The summed E-state index contributed by atoms with van der Waals surface area (Å²) in [5, 5.41) is 0. The third-order valence-electron chi connectivity index (χ3n) is 3.43. The Labute approximate surface area is 134 Å². The second-order valence-corrected chi connectivity index (χ2v) is 10.2. The fourth-order valence-corrected chi connectivity index (χ4v) is 3.38. The molecule has 0 saturated heterocycles. The van der Waals surface area contributed by atoms with Gasteiger partial charge in [-0.2, -0.15) is 0 Å². The number of hydrogen-bond donors (Lipinski definition) is 0. The Morgan fingerprint density at radius 2 is 1.48 bits per heavy atom. The molecule has 0 fully saturated rings. The number of unbranched alkanes of at least 4 members (excludes halogenated alkanes) is 7. The molecule has 0 rings (SSSR count). The molecule has 0 radical (unpaired) electrons. The van der Waals surface area contributed by atoms with Crippen molar-refractivity contribution in [3.63, 3.8) is 0 Å². The van der Waals surface area contributed by atoms with Crippen molar-refractivity contribution in [2.24, 2.45) is 5.92 Å². The van der Waals surface area contributed by atoms with Gasteiger partial charge in [0, 0.05) is 6.61 Å². The van der Waals surface area contributed by atoms with Gasteiger partial charge >= 0.3 is 8.56 Å². The molecule has 0 aromatic carbocycles. The summed E-state index contributed by atoms with van der Waals surface area (Å²) in [5.74, 6) is 0.577. The predicted molar refractivity (Wildman–Crippen MR) is 96.0 cm³/mol. The lowest BCUT2D eigenvalue weighted by Gasteiger charge is -2.23. The van der Waals surface area contributed by atoms with E-state index in [4.69, 9.17) is 8.85 Å². The van der Waals surface area contributed by atoms with Crippen molar-refractivity contribution in [3.8, 4) is 0 Å². The quantitative estimate of drug-likeness (QED) is 0.220. The van der Waals surface area contributed by atoms with Crippen molar-refractivity contribution in [2.75, 3.05) is 13.2 Å². The third-order valence-corrected chi connectivity index (χ3v) is 5.16. The summed E-state index contributed by atoms with van der Waals surface area (Å²) in [7, 11) is -1.91. The highest BCUT2D eigenvalue weighted by molar-refractivity contribution is 6.64. The van der Waals surface area contributed by atoms with E-state index in [1.807, 2.05) is 0 Å². The van der Waals surface area contributed by atoms with Gasteiger partial charge in [0.25, 0.3) is 0 Å². The summed E-state index contributed by atoms with van der Waals surface area (Å²) in [6.45, 7) is 12.4. The molecule has 126 valence electrons. The van der Waals surface area contributed by atoms with Crippen LogP contribution in [-0.2, 0) is 8.85 Å². The van der Waals surface area contributed by atoms with Gasteiger partial charge in [-0.15, -0.1) is 0 Å². The molecule has 0 saturated carbocycles. The number of rotatable bonds is 14. The average molecular weight is 315 g/mol. The van der Waals surface area contributed by atoms with E-state index in [1.165, 1.54) is 51.4 Å². The first-order valence-corrected chi connectivity index (χ1v) is 11.7. The van der Waals surface area contributed by atoms with Crippen LogP contribution in [0.5, 0.6) is 0 Å². The summed E-state index contributed by atoms with van der Waals surface area (Å²) in [4.78, 5) is 0. The summed E-state index contributed by atoms with van der Waals surface area (Å²) < 4.78 is 11.7. The van der Waals surface area contributed by atoms with Crippen molar-refractivity contribution in [1.82, 2.24) is 0 Å². The summed E-state index contributed by atoms with van der Waals surface area (Å²) in [6, 6.07) is 0. The third kappa shape index (κ3) is 16.1. The highest BCUT2D eigenvalue weighted by Gasteiger charge is 2.23. The second-order valence-electron chi connectivity index (χ2n) is 6.80. The molecular formula is C18H38O2Si. The van der Waals surface area contributed by atoms with Gasteiger partial charge in [0.2, 0.25) is 0 Å². The van der Waals surface area contributed by atoms with Crippen LogP contribution in [-0.4, -0.2) is 21.8 Å². The highest BCUT2D eigenvalue weighted by atomic mass is 28.4. The zero-order valence-corrected chi connectivity index (χ0v) is 16.1. The van der Waals surface area contributed by atoms with Gasteiger partial charge in [0.15, 0.2) is 0 Å². The summed E-state index contributed by atoms with van der Waals surface area (Å²) in [5.41, 5.74) is 0. The molecule has 2 nitrogen and oxygen atoms in total. The lowest BCUT2D eigenvalue weighted by atomic mass is 10.1. The number of allylic oxidation sites excluding steroid dienone is 1. The molecule has 0 aliphatic carbocycles. The zero-order chi connectivity index (χ0) is 16.0. The summed E-state index contributed by atoms with van der Waals surface area (Å²) >= 11 is 0. The Morgan fingerprint density at radius 1 is 0.857 bits per heavy atom. The van der Waals surface area contributed by atoms with Crippen LogP contribution >= 0.6 is 0 Å². The molecule has 0 amide bonds. The maximum atomic E-state index is 5.88. The van der Waals surface area contributed by atoms with Crippen molar-refractivity contribution in [3.05, 3.63) is 12.2 Å². The Bertz CT molecular complexity index is 250. The largest absolute Gasteiger partial charge is 0.394 e. The zero-order valence-electron chi connectivity index (χ0n) is 15.1. The van der Waals surface area contributed by atoms with Gasteiger partial charge in [-0.05, 0) is 31.9 Å². The second kappa shape index (κ2) is 13.5. The molecule has 0 aliphatic heterocycles. The molecule has 3 heteroatoms. The van der Waals surface area contributed by atoms with Gasteiger partial charge in [-0.3, -0.25) is 0 Å². The van der Waals surface area contributed by atoms with Crippen molar-refractivity contribution < 1.29 is 8.85 Å². The topological polar surface area (TPSA) is 18.5 Å². The lowest BCUT2D eigenvalue weighted by molar-refractivity contribution is 0.174. The average Bonchev–Trinajstić information content (AvgIpc) is 2.43. The minimum atomic E-state index is -1.91. The normalized spacial score (nSPS) is 12.7. The van der Waals surface area contributed by atoms with Crippen LogP contribution in [0.2, 0.25) is 13.1 Å². The van der Waals surface area contributed by atoms with E-state index in [0.717, 1.165) is 6.61 Å². The molecule has 0 N–H and O–H groups in total. The predicted octanol–water partition coefficient (Wildman–Crippen LogP) is 6.07. The fraction of sp³-hybridized carbons (Fsp3) is 0.889. The van der Waals surface area contributed by atoms with Crippen molar-refractivity contribution >= 4 is 8.56 Å². The molecule has 0 bridgehead atoms. The maximum Gasteiger partial charge on any atom is 0.331 e. The van der Waals surface area contributed by atoms with Crippen LogP contribution in [0.3, 0.4) is 0 Å². The molecular weight excluding hydrogens is 276 g/mol. The molecule has 0 spiro atoms. The highest BCUT2D eigenvalue weighted by Crippen LogP contribution is 2.10. The maximum absolute atomic E-state index is 5.88. The van der Waals surface area contributed by atoms with Crippen LogP contribution < -0.4 is 0 Å². The standard InChI is InChI=1S/C18H38O2Si/c1-6-7-8-9-10-11-12-13-14-15-16-19-21(4,5)20-17-18(2)3/h14-15,18H,6-13,16-17H2,1-5H3/b15-14+. The van der Waals surface area contributed by atoms with Crippen molar-refractivity contribution in [1.29, 1.82) is 0 Å². The molecule has 0 atom stereocenters. The fourth-order valence-electron chi connectivity index (χ4n) is 2.06. The van der Waals surface area contributed by atoms with E-state index in [1.54, 1.807) is 0 Å². The lowest BCUT2D eigenvalue weighted by Crippen LogP contribution is -2.36. The molecule has 0 aliphatic rings. The number of hydrogen-bond acceptors (Lipinski definition) is 2. The van der Waals surface area contributed by atoms with Crippen LogP contribution in [0.1, 0.15) is 72.1 Å². The van der Waals surface area contributed by atoms with Gasteiger partial charge in [0.1, 0.15) is 0 Å². The molecule has 0 unspecified atom stereocenters. The Hall–Kier alpha value is -0.123. The van der Waals surface area contributed by atoms with E-state index < -0.39 is 8.56 Å². The molecule has 0 heterocycles. The molecule has 0 aromatic rings. The van der Waals surface area contributed by atoms with E-state index in [0.29, 0.717) is 12.5 Å². The molecule has 21 heavy (non-hydrogen) atoms. The van der Waals surface area contributed by atoms with E-state index >= 15 is 0 Å². The monoisotopic (exact) mass is 314 g/mol. The van der Waals surface area contributed by atoms with E-state index in [2.05, 4.69) is 46.0 Å². The minimum absolute atomic E-state index is 0.577. The van der Waals surface area contributed by atoms with E-state index in [9.17, 15) is 0 Å². The summed E-state index contributed by atoms with van der Waals surface area (Å²) in [6.07, 6.45) is 15.2. The van der Waals surface area contributed by atoms with Crippen LogP contribution in [0, 0.1) is 5.92 Å². The Balaban J connectivity index is 3.43. The SMILES string of the molecule is CCCCCCCCC/C=C/CO[Si](C)(C)OCC(C)C. The van der Waals surface area contributed by atoms with Crippen LogP contribution in [0.25, 0.3) is 0 Å². The van der Waals surface area contributed by atoms with Gasteiger partial charge < -0.3 is 8.85 Å². The molecule has 0 aromatic heterocycles. The van der Waals surface area contributed by atoms with Crippen LogP contribution in [0.4, 0.5) is 0 Å². The van der Waals surface area contributed by atoms with Gasteiger partial charge in [-0.25, -0.2) is 0 Å². The van der Waals surface area contributed by atoms with Gasteiger partial charge in [0.05, 0.1) is 6.61 Å². The van der Waals surface area contributed by atoms with Crippen LogP contribution in [0.15, 0.2) is 12.2 Å². The minimum Gasteiger partial charge on any atom is -0.394 e. The van der Waals surface area contributed by atoms with E-state index in [-0.39, 0.29) is 0 Å². The first-order chi connectivity index (χ1) is 9.98. The smallest absolute Gasteiger partial charge is 0.331 e. The Morgan fingerprint density at radius 3 is 2.10 bits per heavy atom. The Kier molecular flexibility index (Phi) is 13.5. The first-order valence-electron chi connectivity index (χ1n) is 8.91. The van der Waals surface area contributed by atoms with Crippen molar-refractivity contribution in [2.45, 2.75) is 85.2 Å². The first kappa shape index (κ1) is 20.9.